The van der Waals surface area contributed by atoms with Crippen molar-refractivity contribution in [2.45, 2.75) is 37.2 Å². The highest BCUT2D eigenvalue weighted by Gasteiger charge is 2.79. The van der Waals surface area contributed by atoms with E-state index in [1.807, 2.05) is 0 Å². The van der Waals surface area contributed by atoms with Crippen LogP contribution in [0.4, 0.5) is 13.2 Å². The first-order valence-electron chi connectivity index (χ1n) is 11.3. The van der Waals surface area contributed by atoms with E-state index < -0.39 is 17.8 Å². The summed E-state index contributed by atoms with van der Waals surface area (Å²) in [5.41, 5.74) is 0.0325. The lowest BCUT2D eigenvalue weighted by Gasteiger charge is -2.47. The van der Waals surface area contributed by atoms with Gasteiger partial charge in [0.15, 0.2) is 5.82 Å². The molecule has 2 saturated carbocycles. The molecule has 6 rings (SSSR count). The molecule has 1 aliphatic heterocycles. The molecule has 5 unspecified atom stereocenters. The van der Waals surface area contributed by atoms with Gasteiger partial charge in [-0.25, -0.2) is 15.0 Å². The first-order chi connectivity index (χ1) is 16.8. The van der Waals surface area contributed by atoms with Crippen LogP contribution in [0.15, 0.2) is 61.1 Å². The highest BCUT2D eigenvalue weighted by atomic mass is 19.4. The van der Waals surface area contributed by atoms with E-state index in [9.17, 15) is 23.1 Å². The van der Waals surface area contributed by atoms with Crippen LogP contribution < -0.4 is 4.74 Å². The number of hydrogen-bond donors (Lipinski definition) is 1. The molecule has 3 aromatic rings. The molecule has 3 aliphatic rings. The van der Waals surface area contributed by atoms with Gasteiger partial charge in [0.25, 0.3) is 5.91 Å². The second kappa shape index (κ2) is 7.74. The Morgan fingerprint density at radius 3 is 2.54 bits per heavy atom. The van der Waals surface area contributed by atoms with Gasteiger partial charge in [-0.15, -0.1) is 0 Å². The van der Waals surface area contributed by atoms with Gasteiger partial charge < -0.3 is 14.7 Å². The Kier molecular flexibility index (Phi) is 4.86. The molecule has 5 atom stereocenters. The van der Waals surface area contributed by atoms with Gasteiger partial charge in [-0.2, -0.15) is 13.2 Å². The smallest absolute Gasteiger partial charge is 0.417 e. The minimum Gasteiger partial charge on any atom is -0.472 e. The van der Waals surface area contributed by atoms with Gasteiger partial charge in [-0.3, -0.25) is 4.79 Å². The Morgan fingerprint density at radius 1 is 1.09 bits per heavy atom. The summed E-state index contributed by atoms with van der Waals surface area (Å²) >= 11 is 0. The summed E-state index contributed by atoms with van der Waals surface area (Å²) in [4.78, 5) is 28.0. The minimum atomic E-state index is -4.48. The highest BCUT2D eigenvalue weighted by molar-refractivity contribution is 6.01. The molecular formula is C25H21F3N4O3. The third kappa shape index (κ3) is 3.38. The molecule has 0 radical (unpaired) electrons. The van der Waals surface area contributed by atoms with Crippen molar-refractivity contribution in [1.82, 2.24) is 19.9 Å². The summed E-state index contributed by atoms with van der Waals surface area (Å²) in [6, 6.07) is 10.2. The zero-order valence-corrected chi connectivity index (χ0v) is 18.4. The van der Waals surface area contributed by atoms with Crippen LogP contribution in [-0.4, -0.2) is 55.7 Å². The van der Waals surface area contributed by atoms with Crippen molar-refractivity contribution in [2.75, 3.05) is 6.61 Å². The summed E-state index contributed by atoms with van der Waals surface area (Å²) < 4.78 is 44.6. The molecule has 1 amide bonds. The van der Waals surface area contributed by atoms with Crippen LogP contribution in [-0.2, 0) is 6.18 Å². The lowest BCUT2D eigenvalue weighted by molar-refractivity contribution is -0.137. The van der Waals surface area contributed by atoms with Crippen molar-refractivity contribution >= 4 is 5.91 Å². The second-order valence-electron chi connectivity index (χ2n) is 9.31. The van der Waals surface area contributed by atoms with E-state index in [1.165, 1.54) is 6.07 Å². The maximum atomic E-state index is 13.9. The third-order valence-electron chi connectivity index (χ3n) is 7.54. The first-order valence-corrected chi connectivity index (χ1v) is 11.3. The monoisotopic (exact) mass is 482 g/mol. The summed E-state index contributed by atoms with van der Waals surface area (Å²) in [7, 11) is 0. The van der Waals surface area contributed by atoms with Crippen molar-refractivity contribution in [3.05, 3.63) is 72.2 Å². The van der Waals surface area contributed by atoms with E-state index in [0.717, 1.165) is 18.7 Å². The number of aromatic nitrogens is 3. The maximum absolute atomic E-state index is 13.9. The number of amides is 1. The maximum Gasteiger partial charge on any atom is 0.417 e. The molecule has 180 valence electrons. The number of likely N-dealkylation sites (tertiary alicyclic amines) is 1. The molecule has 3 fully saturated rings. The van der Waals surface area contributed by atoms with Crippen LogP contribution in [0.5, 0.6) is 5.88 Å². The predicted octanol–water partition coefficient (Wildman–Crippen LogP) is 3.60. The topological polar surface area (TPSA) is 88.4 Å². The van der Waals surface area contributed by atoms with Crippen LogP contribution in [0.3, 0.4) is 0 Å². The standard InChI is InChI=1S/C25H21F3N4O3/c26-25(27,28)14-6-7-20(31-12-14)35-19-11-24-10-17(24)18(13-33)32(21(19)24)23(34)16-5-2-1-4-15(16)22-29-8-3-9-30-22/h1-9,12,17-19,21,33H,10-11,13H2. The molecule has 1 spiro atoms. The number of ether oxygens (including phenoxy) is 1. The number of pyridine rings is 1. The number of carbonyl (C=O) groups is 1. The fraction of sp³-hybridized carbons (Fsp3) is 0.360. The summed E-state index contributed by atoms with van der Waals surface area (Å²) in [6.07, 6.45) is 0.593. The Balaban J connectivity index is 1.29. The number of rotatable bonds is 5. The number of aliphatic hydroxyl groups excluding tert-OH is 1. The molecule has 1 aromatic carbocycles. The number of nitrogens with zero attached hydrogens (tertiary/aromatic N) is 4. The van der Waals surface area contributed by atoms with E-state index in [0.29, 0.717) is 23.4 Å². The van der Waals surface area contributed by atoms with E-state index in [4.69, 9.17) is 4.74 Å². The average molecular weight is 482 g/mol. The molecule has 0 bridgehead atoms. The zero-order chi connectivity index (χ0) is 24.4. The predicted molar refractivity (Wildman–Crippen MR) is 117 cm³/mol. The number of halogens is 3. The van der Waals surface area contributed by atoms with Gasteiger partial charge in [0.2, 0.25) is 5.88 Å². The second-order valence-corrected chi connectivity index (χ2v) is 9.31. The Hall–Kier alpha value is -3.53. The van der Waals surface area contributed by atoms with Crippen molar-refractivity contribution < 1.29 is 27.8 Å². The van der Waals surface area contributed by atoms with Crippen molar-refractivity contribution in [3.8, 4) is 17.3 Å². The van der Waals surface area contributed by atoms with Crippen molar-refractivity contribution in [3.63, 3.8) is 0 Å². The summed E-state index contributed by atoms with van der Waals surface area (Å²) in [6.45, 7) is -0.177. The fourth-order valence-corrected chi connectivity index (χ4v) is 5.93. The first kappa shape index (κ1) is 22.0. The van der Waals surface area contributed by atoms with E-state index in [1.54, 1.807) is 47.6 Å². The number of piperidine rings is 1. The largest absolute Gasteiger partial charge is 0.472 e. The van der Waals surface area contributed by atoms with Crippen LogP contribution in [0, 0.1) is 11.3 Å². The number of alkyl halides is 3. The fourth-order valence-electron chi connectivity index (χ4n) is 5.93. The lowest BCUT2D eigenvalue weighted by Crippen LogP contribution is -2.60. The van der Waals surface area contributed by atoms with Crippen LogP contribution in [0.1, 0.15) is 28.8 Å². The van der Waals surface area contributed by atoms with Crippen LogP contribution in [0.2, 0.25) is 0 Å². The normalized spacial score (nSPS) is 28.6. The third-order valence-corrected chi connectivity index (χ3v) is 7.54. The van der Waals surface area contributed by atoms with Crippen molar-refractivity contribution in [2.24, 2.45) is 11.3 Å². The summed E-state index contributed by atoms with van der Waals surface area (Å²) in [5, 5.41) is 10.2. The van der Waals surface area contributed by atoms with Crippen molar-refractivity contribution in [1.29, 1.82) is 0 Å². The van der Waals surface area contributed by atoms with Gasteiger partial charge in [-0.1, -0.05) is 18.2 Å². The highest BCUT2D eigenvalue weighted by Crippen LogP contribution is 2.74. The quantitative estimate of drug-likeness (QED) is 0.598. The molecule has 10 heteroatoms. The Labute approximate surface area is 198 Å². The van der Waals surface area contributed by atoms with Gasteiger partial charge in [0.05, 0.1) is 29.8 Å². The zero-order valence-electron chi connectivity index (χ0n) is 18.4. The molecular weight excluding hydrogens is 461 g/mol. The molecule has 3 heterocycles. The van der Waals surface area contributed by atoms with E-state index >= 15 is 0 Å². The van der Waals surface area contributed by atoms with E-state index in [2.05, 4.69) is 15.0 Å². The van der Waals surface area contributed by atoms with Gasteiger partial charge in [0, 0.05) is 35.6 Å². The molecule has 1 N–H and O–H groups in total. The molecule has 1 saturated heterocycles. The van der Waals surface area contributed by atoms with Crippen LogP contribution in [0.25, 0.3) is 11.4 Å². The van der Waals surface area contributed by atoms with Gasteiger partial charge >= 0.3 is 6.18 Å². The van der Waals surface area contributed by atoms with Gasteiger partial charge in [0.1, 0.15) is 6.10 Å². The Bertz CT molecular complexity index is 1270. The average Bonchev–Trinajstić information content (AvgIpc) is 3.55. The molecule has 2 aliphatic carbocycles. The molecule has 35 heavy (non-hydrogen) atoms. The minimum absolute atomic E-state index is 0.0768. The number of hydrogen-bond acceptors (Lipinski definition) is 6. The lowest BCUT2D eigenvalue weighted by atomic mass is 9.73. The van der Waals surface area contributed by atoms with Gasteiger partial charge in [-0.05, 0) is 37.0 Å². The number of carbonyl (C=O) groups excluding carboxylic acids is 1. The SMILES string of the molecule is O=C(c1ccccc1-c1ncccn1)N1C(CO)C2CC23CC(Oc2ccc(C(F)(F)F)cn2)C13. The Morgan fingerprint density at radius 2 is 1.86 bits per heavy atom. The summed E-state index contributed by atoms with van der Waals surface area (Å²) in [5.74, 6) is 0.416. The number of benzene rings is 1. The molecule has 7 nitrogen and oxygen atoms in total. The van der Waals surface area contributed by atoms with E-state index in [-0.39, 0.29) is 41.8 Å². The van der Waals surface area contributed by atoms with Crippen LogP contribution >= 0.6 is 0 Å². The molecule has 2 aromatic heterocycles. The number of aliphatic hydroxyl groups is 1.